The third-order valence-corrected chi connectivity index (χ3v) is 2.70. The third kappa shape index (κ3) is 0.385. The molecule has 1 N–H and O–H groups in total. The highest BCUT2D eigenvalue weighted by Crippen LogP contribution is 2.42. The van der Waals surface area contributed by atoms with Gasteiger partial charge in [0.25, 0.3) is 0 Å². The van der Waals surface area contributed by atoms with Gasteiger partial charge in [0.1, 0.15) is 5.82 Å². The topological polar surface area (TPSA) is 19.0 Å². The van der Waals surface area contributed by atoms with E-state index in [1.165, 1.54) is 25.3 Å². The van der Waals surface area contributed by atoms with E-state index in [9.17, 15) is 0 Å². The predicted molar refractivity (Wildman–Crippen MR) is 40.4 cm³/mol. The molecule has 1 aromatic heterocycles. The quantitative estimate of drug-likeness (QED) is 0.567. The fourth-order valence-electron chi connectivity index (χ4n) is 2.19. The summed E-state index contributed by atoms with van der Waals surface area (Å²) in [5.74, 6) is 2.23. The van der Waals surface area contributed by atoms with Crippen LogP contribution in [-0.4, -0.2) is 18.1 Å². The highest BCUT2D eigenvalue weighted by Gasteiger charge is 2.34. The van der Waals surface area contributed by atoms with Crippen LogP contribution in [0, 0.1) is 0 Å². The van der Waals surface area contributed by atoms with Crippen LogP contribution < -0.4 is 4.90 Å². The van der Waals surface area contributed by atoms with Crippen molar-refractivity contribution in [3.8, 4) is 0 Å². The molecule has 3 heterocycles. The molecule has 2 nitrogen and oxygen atoms in total. The van der Waals surface area contributed by atoms with Crippen molar-refractivity contribution < 1.29 is 0 Å². The van der Waals surface area contributed by atoms with E-state index in [4.69, 9.17) is 0 Å². The van der Waals surface area contributed by atoms with Gasteiger partial charge in [-0.2, -0.15) is 0 Å². The summed E-state index contributed by atoms with van der Waals surface area (Å²) in [5, 5.41) is 0. The van der Waals surface area contributed by atoms with Gasteiger partial charge in [0.05, 0.1) is 0 Å². The van der Waals surface area contributed by atoms with Crippen molar-refractivity contribution in [2.24, 2.45) is 0 Å². The van der Waals surface area contributed by atoms with Gasteiger partial charge in [-0.1, -0.05) is 0 Å². The van der Waals surface area contributed by atoms with Gasteiger partial charge < -0.3 is 9.88 Å². The summed E-state index contributed by atoms with van der Waals surface area (Å²) in [6.07, 6.45) is 3.42. The molecule has 0 aromatic carbocycles. The van der Waals surface area contributed by atoms with Crippen LogP contribution in [-0.2, 0) is 0 Å². The number of hydrogen-bond acceptors (Lipinski definition) is 1. The summed E-state index contributed by atoms with van der Waals surface area (Å²) in [7, 11) is 0. The van der Waals surface area contributed by atoms with Crippen LogP contribution in [0.25, 0.3) is 0 Å². The van der Waals surface area contributed by atoms with E-state index in [0.29, 0.717) is 0 Å². The zero-order chi connectivity index (χ0) is 6.55. The lowest BCUT2D eigenvalue weighted by molar-refractivity contribution is 0.789. The molecule has 1 aromatic rings. The van der Waals surface area contributed by atoms with E-state index in [-0.39, 0.29) is 0 Å². The van der Waals surface area contributed by atoms with E-state index >= 15 is 0 Å². The molecule has 0 amide bonds. The average molecular weight is 134 g/mol. The maximum atomic E-state index is 3.27. The average Bonchev–Trinajstić information content (AvgIpc) is 2.60. The second-order valence-corrected chi connectivity index (χ2v) is 3.21. The standard InChI is InChI=1S/C8H10N2/c1-3-9-8-7(1)6-2-4-10(8)5-6/h1,3,6,9H,2,4-5H2. The van der Waals surface area contributed by atoms with Crippen molar-refractivity contribution in [1.82, 2.24) is 4.98 Å². The second-order valence-electron chi connectivity index (χ2n) is 3.21. The van der Waals surface area contributed by atoms with Crippen LogP contribution in [0.15, 0.2) is 12.3 Å². The Morgan fingerprint density at radius 1 is 1.60 bits per heavy atom. The number of H-pyrrole nitrogens is 1. The van der Waals surface area contributed by atoms with Crippen molar-refractivity contribution in [2.75, 3.05) is 18.0 Å². The molecule has 10 heavy (non-hydrogen) atoms. The zero-order valence-corrected chi connectivity index (χ0v) is 5.80. The van der Waals surface area contributed by atoms with E-state index in [1.54, 1.807) is 5.56 Å². The van der Waals surface area contributed by atoms with Crippen LogP contribution in [0.3, 0.4) is 0 Å². The second kappa shape index (κ2) is 1.39. The highest BCUT2D eigenvalue weighted by atomic mass is 15.2. The Hall–Kier alpha value is -0.920. The molecule has 0 spiro atoms. The molecule has 1 atom stereocenters. The van der Waals surface area contributed by atoms with Crippen LogP contribution in [0.4, 0.5) is 5.82 Å². The Bertz CT molecular complexity index is 239. The first-order valence-corrected chi connectivity index (χ1v) is 3.87. The fraction of sp³-hybridized carbons (Fsp3) is 0.500. The van der Waals surface area contributed by atoms with Gasteiger partial charge in [-0.25, -0.2) is 0 Å². The Kier molecular flexibility index (Phi) is 0.670. The van der Waals surface area contributed by atoms with Crippen molar-refractivity contribution in [2.45, 2.75) is 12.3 Å². The predicted octanol–water partition coefficient (Wildman–Crippen LogP) is 1.32. The molecule has 2 aliphatic rings. The molecule has 2 aliphatic heterocycles. The Morgan fingerprint density at radius 2 is 2.60 bits per heavy atom. The Labute approximate surface area is 59.8 Å². The molecule has 0 radical (unpaired) electrons. The van der Waals surface area contributed by atoms with Crippen molar-refractivity contribution >= 4 is 5.82 Å². The normalized spacial score (nSPS) is 27.6. The minimum absolute atomic E-state index is 0.848. The molecular weight excluding hydrogens is 124 g/mol. The Morgan fingerprint density at radius 3 is 3.50 bits per heavy atom. The summed E-state index contributed by atoms with van der Waals surface area (Å²) in [6, 6.07) is 2.22. The summed E-state index contributed by atoms with van der Waals surface area (Å²) >= 11 is 0. The molecule has 1 fully saturated rings. The van der Waals surface area contributed by atoms with Crippen molar-refractivity contribution in [3.63, 3.8) is 0 Å². The molecule has 3 rings (SSSR count). The monoisotopic (exact) mass is 134 g/mol. The van der Waals surface area contributed by atoms with E-state index < -0.39 is 0 Å². The summed E-state index contributed by atoms with van der Waals surface area (Å²) < 4.78 is 0. The molecule has 52 valence electrons. The first-order valence-electron chi connectivity index (χ1n) is 3.87. The molecule has 1 saturated heterocycles. The number of hydrogen-bond donors (Lipinski definition) is 1. The fourth-order valence-corrected chi connectivity index (χ4v) is 2.19. The summed E-state index contributed by atoms with van der Waals surface area (Å²) in [4.78, 5) is 5.72. The minimum Gasteiger partial charge on any atom is -0.357 e. The number of rotatable bonds is 0. The van der Waals surface area contributed by atoms with E-state index in [1.807, 2.05) is 0 Å². The zero-order valence-electron chi connectivity index (χ0n) is 5.80. The summed E-state index contributed by atoms with van der Waals surface area (Å²) in [5.41, 5.74) is 1.55. The molecule has 1 unspecified atom stereocenters. The third-order valence-electron chi connectivity index (χ3n) is 2.70. The van der Waals surface area contributed by atoms with Crippen LogP contribution in [0.2, 0.25) is 0 Å². The smallest absolute Gasteiger partial charge is 0.109 e. The number of nitrogens with zero attached hydrogens (tertiary/aromatic N) is 1. The lowest BCUT2D eigenvalue weighted by Gasteiger charge is -2.13. The molecular formula is C8H10N2. The number of aromatic amines is 1. The number of fused-ring (bicyclic) bond motifs is 5. The first kappa shape index (κ1) is 4.83. The SMILES string of the molecule is c1cc2c([nH]1)N1CCC2C1. The molecule has 0 aliphatic carbocycles. The molecule has 0 saturated carbocycles. The largest absolute Gasteiger partial charge is 0.357 e. The van der Waals surface area contributed by atoms with Crippen LogP contribution in [0.1, 0.15) is 17.9 Å². The number of anilines is 1. The van der Waals surface area contributed by atoms with Crippen molar-refractivity contribution in [3.05, 3.63) is 17.8 Å². The number of nitrogens with one attached hydrogen (secondary N) is 1. The van der Waals surface area contributed by atoms with E-state index in [0.717, 1.165) is 5.92 Å². The van der Waals surface area contributed by atoms with Gasteiger partial charge >= 0.3 is 0 Å². The van der Waals surface area contributed by atoms with Gasteiger partial charge in [0.15, 0.2) is 0 Å². The maximum absolute atomic E-state index is 3.27. The van der Waals surface area contributed by atoms with Gasteiger partial charge in [-0.05, 0) is 18.1 Å². The van der Waals surface area contributed by atoms with Gasteiger partial charge in [-0.3, -0.25) is 0 Å². The van der Waals surface area contributed by atoms with Crippen LogP contribution >= 0.6 is 0 Å². The van der Waals surface area contributed by atoms with Crippen LogP contribution in [0.5, 0.6) is 0 Å². The molecule has 2 bridgehead atoms. The lowest BCUT2D eigenvalue weighted by atomic mass is 10.0. The highest BCUT2D eigenvalue weighted by molar-refractivity contribution is 5.57. The first-order chi connectivity index (χ1) is 4.95. The minimum atomic E-state index is 0.848. The Balaban J connectivity index is 2.25. The van der Waals surface area contributed by atoms with Gasteiger partial charge in [0.2, 0.25) is 0 Å². The van der Waals surface area contributed by atoms with Crippen molar-refractivity contribution in [1.29, 1.82) is 0 Å². The number of aromatic nitrogens is 1. The van der Waals surface area contributed by atoms with E-state index in [2.05, 4.69) is 22.1 Å². The van der Waals surface area contributed by atoms with Gasteiger partial charge in [-0.15, -0.1) is 0 Å². The lowest BCUT2D eigenvalue weighted by Crippen LogP contribution is -2.15. The summed E-state index contributed by atoms with van der Waals surface area (Å²) in [6.45, 7) is 2.53. The molecule has 2 heteroatoms. The van der Waals surface area contributed by atoms with Gasteiger partial charge in [0, 0.05) is 25.2 Å². The maximum Gasteiger partial charge on any atom is 0.109 e.